The van der Waals surface area contributed by atoms with Gasteiger partial charge in [-0.15, -0.1) is 11.6 Å². The number of rotatable bonds is 12. The second-order valence-electron chi connectivity index (χ2n) is 7.43. The largest absolute Gasteiger partial charge is 0.491 e. The fourth-order valence-corrected chi connectivity index (χ4v) is 5.65. The van der Waals surface area contributed by atoms with Gasteiger partial charge in [-0.05, 0) is 36.4 Å². The standard InChI is InChI=1S/C21H25Cl3O7S2/c1-3-32(26,27)13-15(25)12-30-16-4-6-17(7-5-16)33(28,29)18-8-19(23)21(20(24)9-18)31-11-14(2)10-22/h4-9,14-15,25H,3,10-13H2,1-2H3. The summed E-state index contributed by atoms with van der Waals surface area (Å²) >= 11 is 18.2. The van der Waals surface area contributed by atoms with E-state index in [1.165, 1.54) is 43.3 Å². The maximum absolute atomic E-state index is 13.0. The Balaban J connectivity index is 2.14. The molecule has 2 aromatic carbocycles. The van der Waals surface area contributed by atoms with Crippen LogP contribution in [0.25, 0.3) is 0 Å². The van der Waals surface area contributed by atoms with Gasteiger partial charge in [-0.25, -0.2) is 16.8 Å². The van der Waals surface area contributed by atoms with Crippen LogP contribution in [0.2, 0.25) is 10.0 Å². The van der Waals surface area contributed by atoms with Gasteiger partial charge in [-0.3, -0.25) is 0 Å². The Hall–Kier alpha value is -1.23. The van der Waals surface area contributed by atoms with E-state index in [0.717, 1.165) is 0 Å². The Bertz CT molecular complexity index is 1130. The Morgan fingerprint density at radius 3 is 2.03 bits per heavy atom. The van der Waals surface area contributed by atoms with E-state index in [4.69, 9.17) is 44.3 Å². The van der Waals surface area contributed by atoms with Crippen LogP contribution in [0, 0.1) is 5.92 Å². The van der Waals surface area contributed by atoms with Gasteiger partial charge in [0.1, 0.15) is 18.5 Å². The lowest BCUT2D eigenvalue weighted by molar-refractivity contribution is 0.125. The summed E-state index contributed by atoms with van der Waals surface area (Å²) < 4.78 is 60.0. The first-order valence-corrected chi connectivity index (χ1v) is 14.5. The quantitative estimate of drug-likeness (QED) is 0.387. The summed E-state index contributed by atoms with van der Waals surface area (Å²) in [7, 11) is -7.29. The molecule has 7 nitrogen and oxygen atoms in total. The number of halogens is 3. The van der Waals surface area contributed by atoms with Crippen LogP contribution in [0.15, 0.2) is 46.2 Å². The molecule has 2 atom stereocenters. The molecule has 0 spiro atoms. The first-order valence-electron chi connectivity index (χ1n) is 9.93. The lowest BCUT2D eigenvalue weighted by Crippen LogP contribution is -2.27. The summed E-state index contributed by atoms with van der Waals surface area (Å²) in [5.74, 6) is 0.404. The second-order valence-corrected chi connectivity index (χ2v) is 12.9. The molecule has 1 N–H and O–H groups in total. The highest BCUT2D eigenvalue weighted by Gasteiger charge is 2.22. The van der Waals surface area contributed by atoms with Crippen molar-refractivity contribution in [2.24, 2.45) is 5.92 Å². The van der Waals surface area contributed by atoms with Crippen molar-refractivity contribution in [3.8, 4) is 11.5 Å². The molecular formula is C21H25Cl3O7S2. The molecule has 0 aliphatic rings. The minimum Gasteiger partial charge on any atom is -0.491 e. The Morgan fingerprint density at radius 2 is 1.52 bits per heavy atom. The van der Waals surface area contributed by atoms with Crippen molar-refractivity contribution in [1.29, 1.82) is 0 Å². The molecule has 184 valence electrons. The van der Waals surface area contributed by atoms with Crippen LogP contribution in [0.3, 0.4) is 0 Å². The van der Waals surface area contributed by atoms with Gasteiger partial charge < -0.3 is 14.6 Å². The molecule has 0 aliphatic heterocycles. The normalized spacial score (nSPS) is 14.0. The summed E-state index contributed by atoms with van der Waals surface area (Å²) in [5, 5.41) is 9.93. The lowest BCUT2D eigenvalue weighted by Gasteiger charge is -2.15. The van der Waals surface area contributed by atoms with Gasteiger partial charge >= 0.3 is 0 Å². The molecule has 0 radical (unpaired) electrons. The highest BCUT2D eigenvalue weighted by molar-refractivity contribution is 7.91. The number of aliphatic hydroxyl groups excluding tert-OH is 1. The molecule has 0 saturated carbocycles. The Labute approximate surface area is 209 Å². The molecule has 2 rings (SSSR count). The van der Waals surface area contributed by atoms with Gasteiger partial charge in [0, 0.05) is 17.6 Å². The number of hydrogen-bond acceptors (Lipinski definition) is 7. The molecule has 0 heterocycles. The van der Waals surface area contributed by atoms with Gasteiger partial charge in [-0.1, -0.05) is 37.0 Å². The number of hydrogen-bond donors (Lipinski definition) is 1. The molecule has 0 bridgehead atoms. The lowest BCUT2D eigenvalue weighted by atomic mass is 10.2. The summed E-state index contributed by atoms with van der Waals surface area (Å²) in [6, 6.07) is 7.99. The number of sulfone groups is 2. The van der Waals surface area contributed by atoms with Crippen molar-refractivity contribution in [3.05, 3.63) is 46.4 Å². The third kappa shape index (κ3) is 7.90. The highest BCUT2D eigenvalue weighted by atomic mass is 35.5. The summed E-state index contributed by atoms with van der Waals surface area (Å²) in [5.41, 5.74) is 0. The molecule has 12 heteroatoms. The van der Waals surface area contributed by atoms with Crippen molar-refractivity contribution in [2.75, 3.05) is 30.6 Å². The van der Waals surface area contributed by atoms with Crippen LogP contribution in [-0.2, 0) is 19.7 Å². The SMILES string of the molecule is CCS(=O)(=O)CC(O)COc1ccc(S(=O)(=O)c2cc(Cl)c(OCC(C)CCl)c(Cl)c2)cc1. The minimum absolute atomic E-state index is 0.0273. The van der Waals surface area contributed by atoms with Crippen molar-refractivity contribution >= 4 is 54.5 Å². The third-order valence-corrected chi connectivity index (χ3v) is 9.13. The van der Waals surface area contributed by atoms with Crippen LogP contribution < -0.4 is 9.47 Å². The molecule has 33 heavy (non-hydrogen) atoms. The fraction of sp³-hybridized carbons (Fsp3) is 0.429. The minimum atomic E-state index is -3.94. The van der Waals surface area contributed by atoms with Crippen LogP contribution in [0.5, 0.6) is 11.5 Å². The Morgan fingerprint density at radius 1 is 0.939 bits per heavy atom. The number of ether oxygens (including phenoxy) is 2. The predicted octanol–water partition coefficient (Wildman–Crippen LogP) is 4.25. The van der Waals surface area contributed by atoms with E-state index in [1.807, 2.05) is 6.92 Å². The van der Waals surface area contributed by atoms with E-state index in [2.05, 4.69) is 0 Å². The van der Waals surface area contributed by atoms with Gasteiger partial charge in [0.2, 0.25) is 9.84 Å². The zero-order valence-electron chi connectivity index (χ0n) is 18.0. The van der Waals surface area contributed by atoms with Gasteiger partial charge in [0.05, 0.1) is 32.2 Å². The van der Waals surface area contributed by atoms with Crippen molar-refractivity contribution in [2.45, 2.75) is 29.7 Å². The fourth-order valence-electron chi connectivity index (χ4n) is 2.60. The molecule has 0 amide bonds. The zero-order valence-corrected chi connectivity index (χ0v) is 21.9. The average Bonchev–Trinajstić information content (AvgIpc) is 2.76. The van der Waals surface area contributed by atoms with Gasteiger partial charge in [0.25, 0.3) is 0 Å². The van der Waals surface area contributed by atoms with Crippen molar-refractivity contribution in [1.82, 2.24) is 0 Å². The number of alkyl halides is 1. The summed E-state index contributed by atoms with van der Waals surface area (Å²) in [4.78, 5) is -0.135. The molecule has 0 aliphatic carbocycles. The van der Waals surface area contributed by atoms with E-state index in [9.17, 15) is 21.9 Å². The van der Waals surface area contributed by atoms with Crippen LogP contribution in [-0.4, -0.2) is 58.6 Å². The zero-order chi connectivity index (χ0) is 24.8. The van der Waals surface area contributed by atoms with Gasteiger partial charge in [-0.2, -0.15) is 0 Å². The average molecular weight is 560 g/mol. The molecule has 2 aromatic rings. The molecule has 0 saturated heterocycles. The monoisotopic (exact) mass is 558 g/mol. The first kappa shape index (κ1) is 28.0. The van der Waals surface area contributed by atoms with E-state index in [-0.39, 0.29) is 56.2 Å². The first-order chi connectivity index (χ1) is 15.4. The maximum atomic E-state index is 13.0. The van der Waals surface area contributed by atoms with Crippen LogP contribution >= 0.6 is 34.8 Å². The summed E-state index contributed by atoms with van der Waals surface area (Å²) in [6.07, 6.45) is -1.20. The topological polar surface area (TPSA) is 107 Å². The van der Waals surface area contributed by atoms with E-state index >= 15 is 0 Å². The van der Waals surface area contributed by atoms with Crippen molar-refractivity contribution in [3.63, 3.8) is 0 Å². The third-order valence-electron chi connectivity index (χ3n) is 4.52. The van der Waals surface area contributed by atoms with E-state index < -0.39 is 31.5 Å². The number of benzene rings is 2. The predicted molar refractivity (Wildman–Crippen MR) is 130 cm³/mol. The number of aliphatic hydroxyl groups is 1. The maximum Gasteiger partial charge on any atom is 0.206 e. The van der Waals surface area contributed by atoms with Crippen molar-refractivity contribution < 1.29 is 31.4 Å². The van der Waals surface area contributed by atoms with E-state index in [0.29, 0.717) is 5.88 Å². The molecule has 0 aromatic heterocycles. The highest BCUT2D eigenvalue weighted by Crippen LogP contribution is 2.37. The second kappa shape index (κ2) is 12.0. The smallest absolute Gasteiger partial charge is 0.206 e. The molecule has 2 unspecified atom stereocenters. The van der Waals surface area contributed by atoms with Crippen LogP contribution in [0.1, 0.15) is 13.8 Å². The Kier molecular flexibility index (Phi) is 10.1. The summed E-state index contributed by atoms with van der Waals surface area (Å²) in [6.45, 7) is 3.40. The van der Waals surface area contributed by atoms with Crippen LogP contribution in [0.4, 0.5) is 0 Å². The molecular weight excluding hydrogens is 535 g/mol. The van der Waals surface area contributed by atoms with E-state index in [1.54, 1.807) is 0 Å². The molecule has 0 fully saturated rings. The van der Waals surface area contributed by atoms with Gasteiger partial charge in [0.15, 0.2) is 15.6 Å².